The van der Waals surface area contributed by atoms with E-state index >= 15 is 0 Å². The summed E-state index contributed by atoms with van der Waals surface area (Å²) in [4.78, 5) is 14.5. The molecular formula is C22H30N4O3. The summed E-state index contributed by atoms with van der Waals surface area (Å²) >= 11 is 0. The number of hydrogen-bond acceptors (Lipinski definition) is 4. The summed E-state index contributed by atoms with van der Waals surface area (Å²) in [6.07, 6.45) is 6.42. The van der Waals surface area contributed by atoms with Crippen molar-refractivity contribution in [1.82, 2.24) is 20.0 Å². The summed E-state index contributed by atoms with van der Waals surface area (Å²) in [5, 5.41) is 7.55. The number of carbonyl (C=O) groups excluding carboxylic acids is 1. The highest BCUT2D eigenvalue weighted by molar-refractivity contribution is 5.74. The number of rotatable bonds is 6. The molecule has 4 rings (SSSR count). The van der Waals surface area contributed by atoms with Crippen LogP contribution in [0.1, 0.15) is 36.9 Å². The third kappa shape index (κ3) is 5.16. The number of amides is 2. The van der Waals surface area contributed by atoms with E-state index in [1.54, 1.807) is 0 Å². The second kappa shape index (κ2) is 9.41. The van der Waals surface area contributed by atoms with Crippen LogP contribution >= 0.6 is 0 Å². The summed E-state index contributed by atoms with van der Waals surface area (Å²) in [6, 6.07) is 9.97. The number of nitrogens with zero attached hydrogens (tertiary/aromatic N) is 3. The van der Waals surface area contributed by atoms with Gasteiger partial charge in [0, 0.05) is 32.4 Å². The molecule has 2 saturated heterocycles. The molecule has 7 heteroatoms. The standard InChI is InChI=1S/C22H30N4O3/c1-17-8-13-26(24-17)21-7-3-2-5-18(21)15-23-22(27)25-11-9-19(10-12-25)29-16-20-6-4-14-28-20/h2-3,5,7-8,13,19-20H,4,6,9-12,14-16H2,1H3,(H,23,27). The first-order valence-electron chi connectivity index (χ1n) is 10.6. The highest BCUT2D eigenvalue weighted by Gasteiger charge is 2.25. The first kappa shape index (κ1) is 19.9. The number of para-hydroxylation sites is 1. The SMILES string of the molecule is Cc1ccn(-c2ccccc2CNC(=O)N2CCC(OCC3CCCO3)CC2)n1. The molecule has 0 aliphatic carbocycles. The Bertz CT molecular complexity index is 808. The van der Waals surface area contributed by atoms with Crippen LogP contribution in [0.3, 0.4) is 0 Å². The number of nitrogens with one attached hydrogen (secondary N) is 1. The van der Waals surface area contributed by atoms with Gasteiger partial charge in [-0.15, -0.1) is 0 Å². The topological polar surface area (TPSA) is 68.6 Å². The van der Waals surface area contributed by atoms with Gasteiger partial charge in [0.2, 0.25) is 0 Å². The fourth-order valence-electron chi connectivity index (χ4n) is 3.96. The van der Waals surface area contributed by atoms with E-state index in [0.717, 1.165) is 62.3 Å². The van der Waals surface area contributed by atoms with E-state index in [0.29, 0.717) is 13.2 Å². The molecule has 2 aromatic rings. The maximum Gasteiger partial charge on any atom is 0.317 e. The van der Waals surface area contributed by atoms with Gasteiger partial charge in [-0.3, -0.25) is 0 Å². The zero-order valence-electron chi connectivity index (χ0n) is 17.0. The molecule has 2 fully saturated rings. The number of hydrogen-bond donors (Lipinski definition) is 1. The smallest absolute Gasteiger partial charge is 0.317 e. The van der Waals surface area contributed by atoms with Crippen LogP contribution in [0.5, 0.6) is 0 Å². The quantitative estimate of drug-likeness (QED) is 0.812. The van der Waals surface area contributed by atoms with Crippen molar-refractivity contribution < 1.29 is 14.3 Å². The molecule has 156 valence electrons. The van der Waals surface area contributed by atoms with Crippen LogP contribution in [-0.2, 0) is 16.0 Å². The zero-order chi connectivity index (χ0) is 20.1. The van der Waals surface area contributed by atoms with Gasteiger partial charge in [0.05, 0.1) is 30.2 Å². The minimum Gasteiger partial charge on any atom is -0.376 e. The van der Waals surface area contributed by atoms with Gasteiger partial charge in [-0.2, -0.15) is 5.10 Å². The Morgan fingerprint density at radius 1 is 1.24 bits per heavy atom. The average Bonchev–Trinajstić information content (AvgIpc) is 3.43. The lowest BCUT2D eigenvalue weighted by atomic mass is 10.1. The lowest BCUT2D eigenvalue weighted by molar-refractivity contribution is -0.0381. The molecule has 2 aliphatic heterocycles. The van der Waals surface area contributed by atoms with Crippen LogP contribution in [-0.4, -0.2) is 59.2 Å². The molecule has 0 bridgehead atoms. The summed E-state index contributed by atoms with van der Waals surface area (Å²) in [5.74, 6) is 0. The molecular weight excluding hydrogens is 368 g/mol. The van der Waals surface area contributed by atoms with E-state index < -0.39 is 0 Å². The first-order valence-corrected chi connectivity index (χ1v) is 10.6. The van der Waals surface area contributed by atoms with Gasteiger partial charge in [0.15, 0.2) is 0 Å². The lowest BCUT2D eigenvalue weighted by Crippen LogP contribution is -2.46. The van der Waals surface area contributed by atoms with Crippen LogP contribution in [0.25, 0.3) is 5.69 Å². The van der Waals surface area contributed by atoms with Crippen molar-refractivity contribution in [3.8, 4) is 5.69 Å². The molecule has 1 aromatic heterocycles. The van der Waals surface area contributed by atoms with E-state index in [2.05, 4.69) is 10.4 Å². The normalized spacial score (nSPS) is 20.2. The molecule has 0 radical (unpaired) electrons. The largest absolute Gasteiger partial charge is 0.376 e. The van der Waals surface area contributed by atoms with Gasteiger partial charge in [0.25, 0.3) is 0 Å². The highest BCUT2D eigenvalue weighted by atomic mass is 16.5. The minimum atomic E-state index is -0.0194. The number of benzene rings is 1. The zero-order valence-corrected chi connectivity index (χ0v) is 17.0. The van der Waals surface area contributed by atoms with Crippen molar-refractivity contribution in [2.45, 2.75) is 51.4 Å². The van der Waals surface area contributed by atoms with Crippen LogP contribution in [0.15, 0.2) is 36.5 Å². The third-order valence-electron chi connectivity index (χ3n) is 5.66. The molecule has 7 nitrogen and oxygen atoms in total. The van der Waals surface area contributed by atoms with Crippen molar-refractivity contribution in [3.05, 3.63) is 47.8 Å². The van der Waals surface area contributed by atoms with Crippen molar-refractivity contribution in [3.63, 3.8) is 0 Å². The molecule has 0 saturated carbocycles. The molecule has 29 heavy (non-hydrogen) atoms. The molecule has 1 atom stereocenters. The Hall–Kier alpha value is -2.38. The van der Waals surface area contributed by atoms with Crippen LogP contribution < -0.4 is 5.32 Å². The lowest BCUT2D eigenvalue weighted by Gasteiger charge is -2.32. The molecule has 0 spiro atoms. The van der Waals surface area contributed by atoms with Gasteiger partial charge in [-0.25, -0.2) is 9.48 Å². The predicted octanol–water partition coefficient (Wildman–Crippen LogP) is 3.05. The van der Waals surface area contributed by atoms with E-state index in [1.165, 1.54) is 0 Å². The molecule has 1 aromatic carbocycles. The summed E-state index contributed by atoms with van der Waals surface area (Å²) in [7, 11) is 0. The fraction of sp³-hybridized carbons (Fsp3) is 0.545. The van der Waals surface area contributed by atoms with Crippen molar-refractivity contribution in [2.24, 2.45) is 0 Å². The first-order chi connectivity index (χ1) is 14.2. The van der Waals surface area contributed by atoms with Gasteiger partial charge < -0.3 is 19.7 Å². The maximum atomic E-state index is 12.6. The molecule has 1 N–H and O–H groups in total. The molecule has 2 amide bonds. The van der Waals surface area contributed by atoms with Crippen LogP contribution in [0, 0.1) is 6.92 Å². The summed E-state index contributed by atoms with van der Waals surface area (Å²) in [5.41, 5.74) is 2.99. The number of aryl methyl sites for hydroxylation is 1. The van der Waals surface area contributed by atoms with Gasteiger partial charge in [0.1, 0.15) is 0 Å². The second-order valence-electron chi connectivity index (χ2n) is 7.84. The van der Waals surface area contributed by atoms with Crippen molar-refractivity contribution in [1.29, 1.82) is 0 Å². The van der Waals surface area contributed by atoms with Crippen molar-refractivity contribution in [2.75, 3.05) is 26.3 Å². The number of aromatic nitrogens is 2. The van der Waals surface area contributed by atoms with Gasteiger partial charge in [-0.05, 0) is 50.3 Å². The molecule has 3 heterocycles. The monoisotopic (exact) mass is 398 g/mol. The number of likely N-dealkylation sites (tertiary alicyclic amines) is 1. The Morgan fingerprint density at radius 3 is 2.79 bits per heavy atom. The number of carbonyl (C=O) groups is 1. The van der Waals surface area contributed by atoms with E-state index in [1.807, 2.05) is 53.0 Å². The maximum absolute atomic E-state index is 12.6. The summed E-state index contributed by atoms with van der Waals surface area (Å²) < 4.78 is 13.5. The van der Waals surface area contributed by atoms with E-state index in [-0.39, 0.29) is 18.2 Å². The van der Waals surface area contributed by atoms with Crippen LogP contribution in [0.2, 0.25) is 0 Å². The minimum absolute atomic E-state index is 0.0194. The van der Waals surface area contributed by atoms with E-state index in [9.17, 15) is 4.79 Å². The van der Waals surface area contributed by atoms with E-state index in [4.69, 9.17) is 9.47 Å². The Labute approximate surface area is 172 Å². The average molecular weight is 399 g/mol. The number of ether oxygens (including phenoxy) is 2. The van der Waals surface area contributed by atoms with Crippen LogP contribution in [0.4, 0.5) is 4.79 Å². The molecule has 2 aliphatic rings. The second-order valence-corrected chi connectivity index (χ2v) is 7.84. The highest BCUT2D eigenvalue weighted by Crippen LogP contribution is 2.18. The number of urea groups is 1. The fourth-order valence-corrected chi connectivity index (χ4v) is 3.96. The summed E-state index contributed by atoms with van der Waals surface area (Å²) in [6.45, 7) is 5.43. The van der Waals surface area contributed by atoms with Gasteiger partial charge >= 0.3 is 6.03 Å². The Balaban J connectivity index is 1.24. The van der Waals surface area contributed by atoms with Gasteiger partial charge in [-0.1, -0.05) is 18.2 Å². The third-order valence-corrected chi connectivity index (χ3v) is 5.66. The molecule has 1 unspecified atom stereocenters. The Morgan fingerprint density at radius 2 is 2.07 bits per heavy atom. The predicted molar refractivity (Wildman–Crippen MR) is 110 cm³/mol. The van der Waals surface area contributed by atoms with Crippen molar-refractivity contribution >= 4 is 6.03 Å². The number of piperidine rings is 1. The Kier molecular flexibility index (Phi) is 6.46.